The van der Waals surface area contributed by atoms with Crippen LogP contribution in [-0.4, -0.2) is 22.6 Å². The summed E-state index contributed by atoms with van der Waals surface area (Å²) in [6.07, 6.45) is 2.72. The summed E-state index contributed by atoms with van der Waals surface area (Å²) in [5, 5.41) is 8.65. The minimum absolute atomic E-state index is 0.179. The molecule has 0 aliphatic heterocycles. The van der Waals surface area contributed by atoms with Gasteiger partial charge in [0.2, 0.25) is 5.95 Å². The van der Waals surface area contributed by atoms with Crippen molar-refractivity contribution in [2.75, 3.05) is 22.6 Å². The Morgan fingerprint density at radius 2 is 2.29 bits per heavy atom. The predicted molar refractivity (Wildman–Crippen MR) is 64.9 cm³/mol. The van der Waals surface area contributed by atoms with Gasteiger partial charge >= 0.3 is 0 Å². The number of aromatic nitrogens is 2. The van der Waals surface area contributed by atoms with Crippen LogP contribution in [0.5, 0.6) is 0 Å². The fourth-order valence-electron chi connectivity index (χ4n) is 1.71. The number of nitrogens with zero attached hydrogens (tertiary/aromatic N) is 4. The number of hydrogen-bond acceptors (Lipinski definition) is 7. The number of nitrogens with one attached hydrogen (secondary N) is 1. The van der Waals surface area contributed by atoms with Crippen LogP contribution in [0, 0.1) is 11.3 Å². The molecule has 17 heavy (non-hydrogen) atoms. The van der Waals surface area contributed by atoms with Crippen LogP contribution in [0.2, 0.25) is 0 Å². The number of hydrazine groups is 1. The van der Waals surface area contributed by atoms with E-state index in [9.17, 15) is 0 Å². The Labute approximate surface area is 99.4 Å². The summed E-state index contributed by atoms with van der Waals surface area (Å²) in [7, 11) is 0. The molecule has 0 unspecified atom stereocenters. The highest BCUT2D eigenvalue weighted by atomic mass is 15.3. The quantitative estimate of drug-likeness (QED) is 0.492. The molecule has 1 saturated carbocycles. The first-order chi connectivity index (χ1) is 8.24. The molecule has 0 amide bonds. The van der Waals surface area contributed by atoms with E-state index in [1.54, 1.807) is 6.07 Å². The molecule has 7 heteroatoms. The summed E-state index contributed by atoms with van der Waals surface area (Å²) in [5.41, 5.74) is 8.07. The summed E-state index contributed by atoms with van der Waals surface area (Å²) in [4.78, 5) is 10.2. The van der Waals surface area contributed by atoms with Crippen molar-refractivity contribution >= 4 is 17.6 Å². The van der Waals surface area contributed by atoms with Crippen LogP contribution >= 0.6 is 0 Å². The van der Waals surface area contributed by atoms with Gasteiger partial charge in [0.05, 0.1) is 12.5 Å². The highest BCUT2D eigenvalue weighted by molar-refractivity contribution is 5.53. The molecule has 0 atom stereocenters. The van der Waals surface area contributed by atoms with Crippen LogP contribution in [0.3, 0.4) is 0 Å². The van der Waals surface area contributed by atoms with Crippen molar-refractivity contribution in [1.29, 1.82) is 5.26 Å². The third kappa shape index (κ3) is 2.73. The number of nitriles is 1. The van der Waals surface area contributed by atoms with Gasteiger partial charge in [0.15, 0.2) is 0 Å². The van der Waals surface area contributed by atoms with Crippen LogP contribution in [0.1, 0.15) is 19.3 Å². The third-order valence-electron chi connectivity index (χ3n) is 2.62. The second-order valence-corrected chi connectivity index (χ2v) is 3.95. The third-order valence-corrected chi connectivity index (χ3v) is 2.62. The molecule has 0 spiro atoms. The van der Waals surface area contributed by atoms with Gasteiger partial charge in [0.1, 0.15) is 11.6 Å². The summed E-state index contributed by atoms with van der Waals surface area (Å²) in [6.45, 7) is 0.654. The fourth-order valence-corrected chi connectivity index (χ4v) is 1.71. The molecule has 2 rings (SSSR count). The number of anilines is 3. The average molecular weight is 233 g/mol. The van der Waals surface area contributed by atoms with E-state index < -0.39 is 0 Å². The van der Waals surface area contributed by atoms with Crippen LogP contribution in [-0.2, 0) is 0 Å². The molecule has 1 fully saturated rings. The number of hydrogen-bond donors (Lipinski definition) is 3. The Bertz CT molecular complexity index is 435. The van der Waals surface area contributed by atoms with Gasteiger partial charge in [-0.1, -0.05) is 0 Å². The Hall–Kier alpha value is -2.07. The maximum absolute atomic E-state index is 8.65. The lowest BCUT2D eigenvalue weighted by molar-refractivity contribution is 0.777. The molecule has 1 aromatic heterocycles. The predicted octanol–water partition coefficient (Wildman–Crippen LogP) is 0.227. The van der Waals surface area contributed by atoms with Crippen molar-refractivity contribution in [3.63, 3.8) is 0 Å². The first kappa shape index (κ1) is 11.4. The SMILES string of the molecule is N#CCCN(c1cc(NN)nc(N)n1)C1CC1. The van der Waals surface area contributed by atoms with Crippen molar-refractivity contribution in [1.82, 2.24) is 9.97 Å². The number of nitrogens with two attached hydrogens (primary N) is 2. The molecule has 1 aliphatic carbocycles. The Balaban J connectivity index is 2.22. The van der Waals surface area contributed by atoms with E-state index in [4.69, 9.17) is 16.8 Å². The molecule has 0 radical (unpaired) electrons. The van der Waals surface area contributed by atoms with Gasteiger partial charge < -0.3 is 16.1 Å². The van der Waals surface area contributed by atoms with Crippen molar-refractivity contribution in [2.45, 2.75) is 25.3 Å². The van der Waals surface area contributed by atoms with Gasteiger partial charge in [-0.2, -0.15) is 15.2 Å². The monoisotopic (exact) mass is 233 g/mol. The molecule has 1 heterocycles. The molecule has 0 aromatic carbocycles. The minimum atomic E-state index is 0.179. The van der Waals surface area contributed by atoms with Crippen molar-refractivity contribution in [3.8, 4) is 6.07 Å². The van der Waals surface area contributed by atoms with Gasteiger partial charge in [0, 0.05) is 18.7 Å². The van der Waals surface area contributed by atoms with Gasteiger partial charge in [0.25, 0.3) is 0 Å². The van der Waals surface area contributed by atoms with E-state index in [1.807, 2.05) is 0 Å². The highest BCUT2D eigenvalue weighted by Crippen LogP contribution is 2.31. The molecular weight excluding hydrogens is 218 g/mol. The molecule has 1 aliphatic rings. The Morgan fingerprint density at radius 1 is 1.53 bits per heavy atom. The largest absolute Gasteiger partial charge is 0.368 e. The molecular formula is C10H15N7. The van der Waals surface area contributed by atoms with Crippen LogP contribution < -0.4 is 21.9 Å². The smallest absolute Gasteiger partial charge is 0.223 e. The second-order valence-electron chi connectivity index (χ2n) is 3.95. The highest BCUT2D eigenvalue weighted by Gasteiger charge is 2.30. The van der Waals surface area contributed by atoms with Gasteiger partial charge in [-0.15, -0.1) is 0 Å². The zero-order chi connectivity index (χ0) is 12.3. The molecule has 90 valence electrons. The van der Waals surface area contributed by atoms with Crippen LogP contribution in [0.4, 0.5) is 17.6 Å². The van der Waals surface area contributed by atoms with Gasteiger partial charge in [-0.05, 0) is 12.8 Å². The molecule has 5 N–H and O–H groups in total. The maximum atomic E-state index is 8.65. The molecule has 0 saturated heterocycles. The zero-order valence-electron chi connectivity index (χ0n) is 9.43. The minimum Gasteiger partial charge on any atom is -0.368 e. The molecule has 7 nitrogen and oxygen atoms in total. The lowest BCUT2D eigenvalue weighted by Gasteiger charge is -2.22. The fraction of sp³-hybridized carbons (Fsp3) is 0.500. The van der Waals surface area contributed by atoms with E-state index >= 15 is 0 Å². The first-order valence-corrected chi connectivity index (χ1v) is 5.49. The topological polar surface area (TPSA) is 117 Å². The van der Waals surface area contributed by atoms with E-state index in [-0.39, 0.29) is 5.95 Å². The lowest BCUT2D eigenvalue weighted by Crippen LogP contribution is -2.28. The summed E-state index contributed by atoms with van der Waals surface area (Å²) >= 11 is 0. The second kappa shape index (κ2) is 4.84. The normalized spacial score (nSPS) is 14.1. The van der Waals surface area contributed by atoms with Crippen LogP contribution in [0.15, 0.2) is 6.07 Å². The summed E-state index contributed by atoms with van der Waals surface area (Å²) < 4.78 is 0. The lowest BCUT2D eigenvalue weighted by atomic mass is 10.3. The van der Waals surface area contributed by atoms with Crippen molar-refractivity contribution < 1.29 is 0 Å². The van der Waals surface area contributed by atoms with E-state index in [0.29, 0.717) is 24.8 Å². The van der Waals surface area contributed by atoms with Gasteiger partial charge in [-0.25, -0.2) is 5.84 Å². The number of rotatable bonds is 5. The van der Waals surface area contributed by atoms with Crippen molar-refractivity contribution in [2.24, 2.45) is 5.84 Å². The van der Waals surface area contributed by atoms with Crippen LogP contribution in [0.25, 0.3) is 0 Å². The first-order valence-electron chi connectivity index (χ1n) is 5.49. The standard InChI is InChI=1S/C10H15N7/c11-4-1-5-17(7-2-3-7)9-6-8(16-13)14-10(12)15-9/h6-7H,1-3,5,13H2,(H3,12,14,15,16). The average Bonchev–Trinajstić information content (AvgIpc) is 3.13. The van der Waals surface area contributed by atoms with E-state index in [1.165, 1.54) is 0 Å². The summed E-state index contributed by atoms with van der Waals surface area (Å²) in [6, 6.07) is 4.34. The van der Waals surface area contributed by atoms with E-state index in [2.05, 4.69) is 26.4 Å². The Kier molecular flexibility index (Phi) is 3.25. The maximum Gasteiger partial charge on any atom is 0.223 e. The van der Waals surface area contributed by atoms with Crippen molar-refractivity contribution in [3.05, 3.63) is 6.07 Å². The number of nitrogen functional groups attached to an aromatic ring is 2. The summed E-state index contributed by atoms with van der Waals surface area (Å²) in [5.74, 6) is 6.70. The molecule has 1 aromatic rings. The van der Waals surface area contributed by atoms with E-state index in [0.717, 1.165) is 18.7 Å². The molecule has 0 bridgehead atoms. The zero-order valence-corrected chi connectivity index (χ0v) is 9.43. The Morgan fingerprint density at radius 3 is 2.88 bits per heavy atom. The van der Waals surface area contributed by atoms with Gasteiger partial charge in [-0.3, -0.25) is 0 Å².